The van der Waals surface area contributed by atoms with E-state index in [1.54, 1.807) is 24.3 Å². The molecule has 0 unspecified atom stereocenters. The third-order valence-electron chi connectivity index (χ3n) is 3.44. The molecule has 25 heavy (non-hydrogen) atoms. The molecule has 2 aromatic carbocycles. The molecule has 2 aromatic rings. The largest absolute Gasteiger partial charge is 0.495 e. The van der Waals surface area contributed by atoms with Gasteiger partial charge in [-0.05, 0) is 52.7 Å². The standard InChI is InChI=1S/C18H19BrN2O4/c1-10-5-6-13(20-11(2)22)14(7-10)21-18(23)12-8-15(24-3)17(19)16(9-12)25-4/h5-9H,1-4H3,(H,20,22)(H,21,23). The van der Waals surface area contributed by atoms with Gasteiger partial charge in [0.15, 0.2) is 0 Å². The van der Waals surface area contributed by atoms with E-state index in [1.165, 1.54) is 21.1 Å². The summed E-state index contributed by atoms with van der Waals surface area (Å²) in [5.74, 6) is 0.402. The molecule has 0 saturated heterocycles. The summed E-state index contributed by atoms with van der Waals surface area (Å²) in [6.07, 6.45) is 0. The first kappa shape index (κ1) is 18.8. The second-order valence-corrected chi connectivity index (χ2v) is 6.17. The zero-order valence-corrected chi connectivity index (χ0v) is 16.0. The quantitative estimate of drug-likeness (QED) is 0.786. The topological polar surface area (TPSA) is 76.7 Å². The fourth-order valence-corrected chi connectivity index (χ4v) is 2.81. The first-order valence-electron chi connectivity index (χ1n) is 7.46. The van der Waals surface area contributed by atoms with Crippen molar-refractivity contribution < 1.29 is 19.1 Å². The van der Waals surface area contributed by atoms with E-state index in [9.17, 15) is 9.59 Å². The Bertz CT molecular complexity index is 796. The number of hydrogen-bond donors (Lipinski definition) is 2. The Morgan fingerprint density at radius 2 is 1.56 bits per heavy atom. The van der Waals surface area contributed by atoms with E-state index in [0.29, 0.717) is 32.9 Å². The molecular weight excluding hydrogens is 388 g/mol. The van der Waals surface area contributed by atoms with Crippen LogP contribution in [0.2, 0.25) is 0 Å². The van der Waals surface area contributed by atoms with Crippen molar-refractivity contribution >= 4 is 39.1 Å². The van der Waals surface area contributed by atoms with E-state index >= 15 is 0 Å². The van der Waals surface area contributed by atoms with E-state index in [4.69, 9.17) is 9.47 Å². The molecule has 0 bridgehead atoms. The lowest BCUT2D eigenvalue weighted by Crippen LogP contribution is -2.15. The summed E-state index contributed by atoms with van der Waals surface area (Å²) in [4.78, 5) is 24.0. The van der Waals surface area contributed by atoms with Crippen molar-refractivity contribution in [3.8, 4) is 11.5 Å². The van der Waals surface area contributed by atoms with Crippen LogP contribution in [0.1, 0.15) is 22.8 Å². The van der Waals surface area contributed by atoms with Crippen LogP contribution in [0.4, 0.5) is 11.4 Å². The minimum Gasteiger partial charge on any atom is -0.495 e. The Kier molecular flexibility index (Phi) is 6.03. The summed E-state index contributed by atoms with van der Waals surface area (Å²) in [6, 6.07) is 8.60. The first-order valence-corrected chi connectivity index (χ1v) is 8.26. The highest BCUT2D eigenvalue weighted by Gasteiger charge is 2.16. The van der Waals surface area contributed by atoms with Gasteiger partial charge in [0.1, 0.15) is 16.0 Å². The Labute approximate surface area is 154 Å². The molecule has 0 aliphatic carbocycles. The average Bonchev–Trinajstić information content (AvgIpc) is 2.57. The molecule has 2 amide bonds. The van der Waals surface area contributed by atoms with Crippen LogP contribution < -0.4 is 20.1 Å². The summed E-state index contributed by atoms with van der Waals surface area (Å²) in [7, 11) is 3.02. The second kappa shape index (κ2) is 8.02. The van der Waals surface area contributed by atoms with Gasteiger partial charge < -0.3 is 20.1 Å². The lowest BCUT2D eigenvalue weighted by atomic mass is 10.1. The maximum absolute atomic E-state index is 12.7. The Balaban J connectivity index is 2.37. The van der Waals surface area contributed by atoms with Crippen LogP contribution in [0.5, 0.6) is 11.5 Å². The maximum atomic E-state index is 12.7. The van der Waals surface area contributed by atoms with Crippen LogP contribution in [0.25, 0.3) is 0 Å². The monoisotopic (exact) mass is 406 g/mol. The zero-order valence-electron chi connectivity index (χ0n) is 14.4. The highest BCUT2D eigenvalue weighted by molar-refractivity contribution is 9.10. The number of aryl methyl sites for hydroxylation is 1. The van der Waals surface area contributed by atoms with E-state index in [0.717, 1.165) is 5.56 Å². The smallest absolute Gasteiger partial charge is 0.255 e. The molecule has 0 radical (unpaired) electrons. The Hall–Kier alpha value is -2.54. The summed E-state index contributed by atoms with van der Waals surface area (Å²) in [5.41, 5.74) is 2.37. The van der Waals surface area contributed by atoms with Gasteiger partial charge in [0.25, 0.3) is 5.91 Å². The maximum Gasteiger partial charge on any atom is 0.255 e. The molecule has 0 aliphatic heterocycles. The van der Waals surface area contributed by atoms with Crippen LogP contribution in [0, 0.1) is 6.92 Å². The van der Waals surface area contributed by atoms with E-state index in [1.807, 2.05) is 13.0 Å². The normalized spacial score (nSPS) is 10.1. The van der Waals surface area contributed by atoms with E-state index in [2.05, 4.69) is 26.6 Å². The van der Waals surface area contributed by atoms with Gasteiger partial charge in [-0.3, -0.25) is 9.59 Å². The summed E-state index contributed by atoms with van der Waals surface area (Å²) >= 11 is 3.37. The molecule has 0 heterocycles. The SMILES string of the molecule is COc1cc(C(=O)Nc2cc(C)ccc2NC(C)=O)cc(OC)c1Br. The molecular formula is C18H19BrN2O4. The van der Waals surface area contributed by atoms with E-state index in [-0.39, 0.29) is 11.8 Å². The van der Waals surface area contributed by atoms with Crippen LogP contribution >= 0.6 is 15.9 Å². The number of carbonyl (C=O) groups is 2. The highest BCUT2D eigenvalue weighted by Crippen LogP contribution is 2.36. The van der Waals surface area contributed by atoms with Gasteiger partial charge in [-0.15, -0.1) is 0 Å². The number of anilines is 2. The second-order valence-electron chi connectivity index (χ2n) is 5.38. The zero-order chi connectivity index (χ0) is 18.6. The Morgan fingerprint density at radius 3 is 2.08 bits per heavy atom. The van der Waals surface area contributed by atoms with Crippen molar-refractivity contribution in [1.29, 1.82) is 0 Å². The number of benzene rings is 2. The predicted octanol–water partition coefficient (Wildman–Crippen LogP) is 3.99. The van der Waals surface area contributed by atoms with Gasteiger partial charge in [-0.1, -0.05) is 6.07 Å². The summed E-state index contributed by atoms with van der Waals surface area (Å²) < 4.78 is 11.1. The van der Waals surface area contributed by atoms with Crippen molar-refractivity contribution in [2.24, 2.45) is 0 Å². The van der Waals surface area contributed by atoms with Gasteiger partial charge in [0, 0.05) is 12.5 Å². The molecule has 132 valence electrons. The number of halogens is 1. The fraction of sp³-hybridized carbons (Fsp3) is 0.222. The van der Waals surface area contributed by atoms with Crippen LogP contribution in [0.3, 0.4) is 0 Å². The summed E-state index contributed by atoms with van der Waals surface area (Å²) in [6.45, 7) is 3.31. The molecule has 0 atom stereocenters. The van der Waals surface area contributed by atoms with Gasteiger partial charge in [-0.2, -0.15) is 0 Å². The molecule has 2 rings (SSSR count). The van der Waals surface area contributed by atoms with Crippen LogP contribution in [-0.4, -0.2) is 26.0 Å². The highest BCUT2D eigenvalue weighted by atomic mass is 79.9. The lowest BCUT2D eigenvalue weighted by Gasteiger charge is -2.14. The minimum atomic E-state index is -0.346. The van der Waals surface area contributed by atoms with Crippen molar-refractivity contribution in [3.05, 3.63) is 45.9 Å². The number of methoxy groups -OCH3 is 2. The number of rotatable bonds is 5. The van der Waals surface area contributed by atoms with Crippen molar-refractivity contribution in [1.82, 2.24) is 0 Å². The summed E-state index contributed by atoms with van der Waals surface area (Å²) in [5, 5.41) is 5.52. The fourth-order valence-electron chi connectivity index (χ4n) is 2.26. The number of nitrogens with one attached hydrogen (secondary N) is 2. The molecule has 0 spiro atoms. The molecule has 0 fully saturated rings. The number of carbonyl (C=O) groups excluding carboxylic acids is 2. The molecule has 6 nitrogen and oxygen atoms in total. The minimum absolute atomic E-state index is 0.216. The van der Waals surface area contributed by atoms with Gasteiger partial charge in [0.2, 0.25) is 5.91 Å². The van der Waals surface area contributed by atoms with Gasteiger partial charge >= 0.3 is 0 Å². The number of amides is 2. The average molecular weight is 407 g/mol. The van der Waals surface area contributed by atoms with Crippen LogP contribution in [-0.2, 0) is 4.79 Å². The van der Waals surface area contributed by atoms with Gasteiger partial charge in [-0.25, -0.2) is 0 Å². The van der Waals surface area contributed by atoms with Crippen molar-refractivity contribution in [2.75, 3.05) is 24.9 Å². The molecule has 7 heteroatoms. The molecule has 0 saturated carbocycles. The third-order valence-corrected chi connectivity index (χ3v) is 4.22. The number of hydrogen-bond acceptors (Lipinski definition) is 4. The lowest BCUT2D eigenvalue weighted by molar-refractivity contribution is -0.114. The van der Waals surface area contributed by atoms with Crippen molar-refractivity contribution in [3.63, 3.8) is 0 Å². The number of ether oxygens (including phenoxy) is 2. The molecule has 0 aromatic heterocycles. The molecule has 2 N–H and O–H groups in total. The first-order chi connectivity index (χ1) is 11.8. The molecule has 0 aliphatic rings. The van der Waals surface area contributed by atoms with Gasteiger partial charge in [0.05, 0.1) is 25.6 Å². The third kappa shape index (κ3) is 4.51. The van der Waals surface area contributed by atoms with Crippen LogP contribution in [0.15, 0.2) is 34.8 Å². The Morgan fingerprint density at radius 1 is 0.960 bits per heavy atom. The predicted molar refractivity (Wildman–Crippen MR) is 101 cm³/mol. The van der Waals surface area contributed by atoms with Crippen molar-refractivity contribution in [2.45, 2.75) is 13.8 Å². The van der Waals surface area contributed by atoms with E-state index < -0.39 is 0 Å².